The number of nitrogens with one attached hydrogen (secondary N) is 3. The van der Waals surface area contributed by atoms with Crippen LogP contribution in [0.2, 0.25) is 0 Å². The Morgan fingerprint density at radius 3 is 2.69 bits per heavy atom. The number of hydrogen-bond donors (Lipinski definition) is 3. The second kappa shape index (κ2) is 7.49. The Bertz CT molecular complexity index is 1130. The molecule has 8 nitrogen and oxygen atoms in total. The lowest BCUT2D eigenvalue weighted by molar-refractivity contribution is -0.110. The third-order valence-corrected chi connectivity index (χ3v) is 6.68. The molecule has 2 aliphatic heterocycles. The fourth-order valence-electron chi connectivity index (χ4n) is 3.46. The molecule has 0 fully saturated rings. The van der Waals surface area contributed by atoms with Gasteiger partial charge in [0.25, 0.3) is 11.8 Å². The van der Waals surface area contributed by atoms with Crippen molar-refractivity contribution in [1.29, 1.82) is 0 Å². The quantitative estimate of drug-likeness (QED) is 0.606. The number of aromatic nitrogens is 1. The molecule has 0 radical (unpaired) electrons. The molecule has 2 bridgehead atoms. The number of rotatable bonds is 0. The van der Waals surface area contributed by atoms with Crippen LogP contribution in [0, 0.1) is 6.92 Å². The van der Waals surface area contributed by atoms with Gasteiger partial charge >= 0.3 is 0 Å². The second-order valence-electron chi connectivity index (χ2n) is 7.04. The SMILES string of the molecule is Cc1cc2c([nH]1)/C=C1\C(=O)Nc3ccc(cc31)S(=O)(=O)CCCOCCNC2=O. The summed E-state index contributed by atoms with van der Waals surface area (Å²) in [5.74, 6) is -0.673. The van der Waals surface area contributed by atoms with Gasteiger partial charge in [-0.25, -0.2) is 8.42 Å². The third-order valence-electron chi connectivity index (χ3n) is 4.88. The smallest absolute Gasteiger partial charge is 0.256 e. The highest BCUT2D eigenvalue weighted by atomic mass is 32.2. The lowest BCUT2D eigenvalue weighted by atomic mass is 10.0. The van der Waals surface area contributed by atoms with Gasteiger partial charge in [-0.15, -0.1) is 0 Å². The molecule has 152 valence electrons. The fraction of sp³-hybridized carbons (Fsp3) is 0.300. The molecule has 9 heteroatoms. The van der Waals surface area contributed by atoms with E-state index in [0.29, 0.717) is 41.0 Å². The van der Waals surface area contributed by atoms with E-state index in [-0.39, 0.29) is 35.7 Å². The number of carbonyl (C=O) groups excluding carboxylic acids is 2. The van der Waals surface area contributed by atoms with Crippen LogP contribution in [-0.2, 0) is 19.4 Å². The molecular weight excluding hydrogens is 394 g/mol. The summed E-state index contributed by atoms with van der Waals surface area (Å²) in [5, 5.41) is 5.52. The highest BCUT2D eigenvalue weighted by molar-refractivity contribution is 7.91. The van der Waals surface area contributed by atoms with Gasteiger partial charge in [-0.3, -0.25) is 9.59 Å². The average molecular weight is 415 g/mol. The van der Waals surface area contributed by atoms with Crippen LogP contribution in [0.15, 0.2) is 29.2 Å². The number of sulfone groups is 1. The van der Waals surface area contributed by atoms with Crippen LogP contribution < -0.4 is 10.6 Å². The van der Waals surface area contributed by atoms with Crippen LogP contribution in [0.25, 0.3) is 11.6 Å². The molecule has 4 rings (SSSR count). The van der Waals surface area contributed by atoms with E-state index >= 15 is 0 Å². The Morgan fingerprint density at radius 1 is 1.03 bits per heavy atom. The van der Waals surface area contributed by atoms with E-state index in [1.54, 1.807) is 18.2 Å². The number of H-pyrrole nitrogens is 1. The van der Waals surface area contributed by atoms with Gasteiger partial charge in [0.05, 0.1) is 34.1 Å². The minimum absolute atomic E-state index is 0.0570. The summed E-state index contributed by atoms with van der Waals surface area (Å²) in [6.45, 7) is 2.68. The van der Waals surface area contributed by atoms with Gasteiger partial charge < -0.3 is 20.4 Å². The molecule has 2 aliphatic rings. The minimum atomic E-state index is -3.51. The van der Waals surface area contributed by atoms with E-state index in [0.717, 1.165) is 5.69 Å². The summed E-state index contributed by atoms with van der Waals surface area (Å²) >= 11 is 0. The molecule has 0 aliphatic carbocycles. The molecule has 1 aromatic heterocycles. The van der Waals surface area contributed by atoms with Gasteiger partial charge in [-0.05, 0) is 43.7 Å². The molecule has 0 spiro atoms. The van der Waals surface area contributed by atoms with Crippen LogP contribution >= 0.6 is 0 Å². The van der Waals surface area contributed by atoms with Crippen molar-refractivity contribution in [3.05, 3.63) is 46.8 Å². The zero-order valence-electron chi connectivity index (χ0n) is 15.9. The van der Waals surface area contributed by atoms with Crippen LogP contribution in [-0.4, -0.2) is 50.7 Å². The van der Waals surface area contributed by atoms with Crippen molar-refractivity contribution in [2.45, 2.75) is 18.2 Å². The van der Waals surface area contributed by atoms with Gasteiger partial charge in [0.15, 0.2) is 9.84 Å². The molecule has 0 unspecified atom stereocenters. The van der Waals surface area contributed by atoms with E-state index in [2.05, 4.69) is 15.6 Å². The van der Waals surface area contributed by atoms with E-state index in [4.69, 9.17) is 4.74 Å². The highest BCUT2D eigenvalue weighted by Gasteiger charge is 2.27. The number of hydrogen-bond acceptors (Lipinski definition) is 5. The number of aromatic amines is 1. The zero-order chi connectivity index (χ0) is 20.6. The Hall–Kier alpha value is -2.91. The van der Waals surface area contributed by atoms with Gasteiger partial charge in [-0.2, -0.15) is 0 Å². The van der Waals surface area contributed by atoms with Crippen molar-refractivity contribution >= 4 is 39.0 Å². The van der Waals surface area contributed by atoms with Crippen molar-refractivity contribution in [2.75, 3.05) is 30.8 Å². The normalized spacial score (nSPS) is 20.9. The van der Waals surface area contributed by atoms with Gasteiger partial charge in [0, 0.05) is 30.1 Å². The monoisotopic (exact) mass is 415 g/mol. The Balaban J connectivity index is 1.85. The summed E-state index contributed by atoms with van der Waals surface area (Å²) in [4.78, 5) is 28.4. The Kier molecular flexibility index (Phi) is 5.01. The summed E-state index contributed by atoms with van der Waals surface area (Å²) in [5.41, 5.74) is 3.01. The van der Waals surface area contributed by atoms with Crippen LogP contribution in [0.1, 0.15) is 33.7 Å². The first kappa shape index (κ1) is 19.4. The van der Waals surface area contributed by atoms with Gasteiger partial charge in [0.2, 0.25) is 0 Å². The van der Waals surface area contributed by atoms with Crippen molar-refractivity contribution < 1.29 is 22.7 Å². The van der Waals surface area contributed by atoms with Crippen molar-refractivity contribution in [1.82, 2.24) is 10.3 Å². The highest BCUT2D eigenvalue weighted by Crippen LogP contribution is 2.35. The first-order chi connectivity index (χ1) is 13.8. The zero-order valence-corrected chi connectivity index (χ0v) is 16.7. The number of benzene rings is 1. The van der Waals surface area contributed by atoms with Crippen LogP contribution in [0.5, 0.6) is 0 Å². The maximum absolute atomic E-state index is 12.7. The number of aryl methyl sites for hydroxylation is 1. The Morgan fingerprint density at radius 2 is 1.86 bits per heavy atom. The van der Waals surface area contributed by atoms with Gasteiger partial charge in [0.1, 0.15) is 0 Å². The van der Waals surface area contributed by atoms with E-state index in [1.165, 1.54) is 12.1 Å². The molecule has 2 aromatic rings. The van der Waals surface area contributed by atoms with E-state index in [9.17, 15) is 18.0 Å². The molecule has 1 aromatic carbocycles. The molecule has 2 amide bonds. The van der Waals surface area contributed by atoms with Crippen molar-refractivity contribution in [3.63, 3.8) is 0 Å². The molecule has 0 atom stereocenters. The lowest BCUT2D eigenvalue weighted by Gasteiger charge is -2.09. The predicted octanol–water partition coefficient (Wildman–Crippen LogP) is 1.74. The number of fused-ring (bicyclic) bond motifs is 2. The summed E-state index contributed by atoms with van der Waals surface area (Å²) < 4.78 is 30.8. The summed E-state index contributed by atoms with van der Waals surface area (Å²) in [6, 6.07) is 6.31. The summed E-state index contributed by atoms with van der Waals surface area (Å²) in [7, 11) is -3.51. The number of anilines is 1. The van der Waals surface area contributed by atoms with E-state index in [1.807, 2.05) is 6.92 Å². The third kappa shape index (κ3) is 3.83. The fourth-order valence-corrected chi connectivity index (χ4v) is 4.77. The first-order valence-electron chi connectivity index (χ1n) is 9.31. The number of amides is 2. The lowest BCUT2D eigenvalue weighted by Crippen LogP contribution is -2.27. The standard InChI is InChI=1S/C20H21N3O5S/c1-12-9-16-18(22-12)11-15-14-10-13(3-4-17(14)23-20(15)25)29(26,27)8-2-6-28-7-5-21-19(16)24/h3-4,9-11,22H,2,5-8H2,1H3,(H,21,24)(H,23,25)/b15-11-. The largest absolute Gasteiger partial charge is 0.380 e. The maximum atomic E-state index is 12.7. The molecule has 29 heavy (non-hydrogen) atoms. The van der Waals surface area contributed by atoms with E-state index < -0.39 is 9.84 Å². The van der Waals surface area contributed by atoms with Crippen molar-refractivity contribution in [2.24, 2.45) is 0 Å². The molecule has 3 heterocycles. The molecule has 0 saturated heterocycles. The summed E-state index contributed by atoms with van der Waals surface area (Å²) in [6.07, 6.45) is 1.93. The van der Waals surface area contributed by atoms with Gasteiger partial charge in [-0.1, -0.05) is 0 Å². The molecule has 0 saturated carbocycles. The van der Waals surface area contributed by atoms with Crippen molar-refractivity contribution in [3.8, 4) is 0 Å². The predicted molar refractivity (Wildman–Crippen MR) is 108 cm³/mol. The van der Waals surface area contributed by atoms with Crippen LogP contribution in [0.4, 0.5) is 5.69 Å². The molecular formula is C20H21N3O5S. The number of carbonyl (C=O) groups is 2. The first-order valence-corrected chi connectivity index (χ1v) is 11.0. The average Bonchev–Trinajstić information content (AvgIpc) is 3.19. The molecule has 3 N–H and O–H groups in total. The second-order valence-corrected chi connectivity index (χ2v) is 9.15. The minimum Gasteiger partial charge on any atom is -0.380 e. The maximum Gasteiger partial charge on any atom is 0.256 e. The topological polar surface area (TPSA) is 117 Å². The van der Waals surface area contributed by atoms with Crippen LogP contribution in [0.3, 0.4) is 0 Å². The number of ether oxygens (including phenoxy) is 1. The Labute approximate surface area is 168 Å².